The van der Waals surface area contributed by atoms with E-state index in [1.54, 1.807) is 55.4 Å². The predicted octanol–water partition coefficient (Wildman–Crippen LogP) is -2.69. The number of amides is 17. The number of nitrogens with two attached hydrogens (primary N) is 10. The number of carboxylic acids is 1. The predicted molar refractivity (Wildman–Crippen MR) is 555 cm³/mol. The Bertz CT molecular complexity index is 4060. The van der Waals surface area contributed by atoms with E-state index < -0.39 is 215 Å². The lowest BCUT2D eigenvalue weighted by atomic mass is 10.00. The number of unbranched alkanes of at least 4 members (excludes halogenated alkanes) is 9. The number of carboxylic acid groups (broad SMARTS) is 1. The maximum absolute atomic E-state index is 14.9. The minimum absolute atomic E-state index is 0.000938. The minimum Gasteiger partial charge on any atom is -0.480 e. The number of carbonyl (C=O) groups is 18. The first kappa shape index (κ1) is 132. The Morgan fingerprint density at radius 3 is 0.538 bits per heavy atom. The summed E-state index contributed by atoms with van der Waals surface area (Å²) in [7, 11) is 0. The molecule has 0 aliphatic carbocycles. The van der Waals surface area contributed by atoms with Crippen LogP contribution in [0.2, 0.25) is 0 Å². The molecule has 1 rings (SSSR count). The van der Waals surface area contributed by atoms with E-state index in [1.807, 2.05) is 30.3 Å². The van der Waals surface area contributed by atoms with Gasteiger partial charge in [-0.2, -0.15) is 0 Å². The first-order valence-corrected chi connectivity index (χ1v) is 52.3. The van der Waals surface area contributed by atoms with Gasteiger partial charge in [0.05, 0.1) is 6.04 Å². The van der Waals surface area contributed by atoms with Crippen LogP contribution in [0, 0.1) is 23.7 Å². The van der Waals surface area contributed by atoms with Gasteiger partial charge in [0.25, 0.3) is 0 Å². The summed E-state index contributed by atoms with van der Waals surface area (Å²) in [6.07, 6.45) is 7.56. The van der Waals surface area contributed by atoms with Gasteiger partial charge in [0, 0.05) is 0 Å². The van der Waals surface area contributed by atoms with Crippen LogP contribution in [0.1, 0.15) is 288 Å². The molecule has 0 aromatic heterocycles. The topological polar surface area (TPSA) is 792 Å². The maximum atomic E-state index is 14.9. The second-order valence-electron chi connectivity index (χ2n) is 39.4. The fourth-order valence-corrected chi connectivity index (χ4v) is 15.8. The SMILES string of the molecule is CC(C)C[C@H](NC(=O)[C@H](CCCCN)NC(=O)[C@H](CCCCN)NC(=O)[C@H](C)NC(=O)[C@H](CC(C)C)NC(=O)[C@H](CCCCN)NC(=O)[C@H](CCCCN)NC(=O)[C@H](CC(C)C)NC(=O)[C@H](CCCCN)NC(=O)[C@H](CCCCN)NC(=O)[C@H](C)NC(=O)[C@H](CC(C)C)NC(=O)[C@H](CCCCN)NC(=O)[C@H](CCCCN)NC(=O)[C@H](C)NC(=O)[C@@H](N)Cc1ccccc1)C(=O)N[C@@H](C)C(=O)N[C@@H](CCCCN)C(=O)O. The van der Waals surface area contributed by atoms with Crippen LogP contribution in [0.15, 0.2) is 30.3 Å². The van der Waals surface area contributed by atoms with E-state index in [4.69, 9.17) is 57.3 Å². The lowest BCUT2D eigenvalue weighted by Gasteiger charge is -2.29. The second-order valence-corrected chi connectivity index (χ2v) is 39.4. The molecule has 0 radical (unpaired) electrons. The number of nitrogens with one attached hydrogen (secondary N) is 17. The summed E-state index contributed by atoms with van der Waals surface area (Å²) < 4.78 is 0. The molecule has 0 heterocycles. The Balaban J connectivity index is 3.67. The Morgan fingerprint density at radius 1 is 0.207 bits per heavy atom. The molecule has 0 unspecified atom stereocenters. The molecule has 46 nitrogen and oxygen atoms in total. The van der Waals surface area contributed by atoms with E-state index in [0.717, 1.165) is 5.56 Å². The summed E-state index contributed by atoms with van der Waals surface area (Å²) >= 11 is 0. The fraction of sp³-hybridized carbons (Fsp3) is 0.758. The lowest BCUT2D eigenvalue weighted by molar-refractivity contribution is -0.142. The first-order valence-electron chi connectivity index (χ1n) is 52.3. The van der Waals surface area contributed by atoms with Gasteiger partial charge in [-0.25, -0.2) is 4.79 Å². The first-order chi connectivity index (χ1) is 68.8. The van der Waals surface area contributed by atoms with Gasteiger partial charge in [0.15, 0.2) is 0 Å². The van der Waals surface area contributed by atoms with Crippen LogP contribution in [0.5, 0.6) is 0 Å². The van der Waals surface area contributed by atoms with Crippen LogP contribution < -0.4 is 148 Å². The van der Waals surface area contributed by atoms with Crippen molar-refractivity contribution in [2.24, 2.45) is 81.0 Å². The van der Waals surface area contributed by atoms with Gasteiger partial charge in [-0.05, 0) is 321 Å². The molecule has 0 aliphatic rings. The van der Waals surface area contributed by atoms with Gasteiger partial charge in [0.1, 0.15) is 103 Å². The Kier molecular flexibility index (Phi) is 69.3. The average molecular weight is 2060 g/mol. The third-order valence-corrected chi connectivity index (χ3v) is 24.2. The van der Waals surface area contributed by atoms with Gasteiger partial charge < -0.3 is 153 Å². The minimum atomic E-state index is -1.38. The number of benzene rings is 1. The molecular weight excluding hydrogens is 1870 g/mol. The van der Waals surface area contributed by atoms with Crippen molar-refractivity contribution in [1.82, 2.24) is 90.4 Å². The number of aliphatic carboxylic acids is 1. The molecule has 0 aliphatic heterocycles. The van der Waals surface area contributed by atoms with E-state index in [2.05, 4.69) is 90.4 Å². The Hall–Kier alpha value is -10.7. The van der Waals surface area contributed by atoms with Crippen molar-refractivity contribution in [3.63, 3.8) is 0 Å². The molecule has 0 saturated carbocycles. The smallest absolute Gasteiger partial charge is 0.326 e. The van der Waals surface area contributed by atoms with E-state index in [9.17, 15) is 91.4 Å². The van der Waals surface area contributed by atoms with Crippen LogP contribution in [-0.4, -0.2) is 279 Å². The van der Waals surface area contributed by atoms with E-state index in [1.165, 1.54) is 27.7 Å². The van der Waals surface area contributed by atoms with Crippen LogP contribution >= 0.6 is 0 Å². The molecule has 38 N–H and O–H groups in total. The van der Waals surface area contributed by atoms with E-state index in [0.29, 0.717) is 122 Å². The summed E-state index contributed by atoms with van der Waals surface area (Å²) in [4.78, 5) is 256. The van der Waals surface area contributed by atoms with E-state index >= 15 is 0 Å². The number of carbonyl (C=O) groups excluding carboxylic acids is 17. The van der Waals surface area contributed by atoms with Crippen molar-refractivity contribution < 1.29 is 91.4 Å². The molecule has 0 saturated heterocycles. The standard InChI is InChI=1S/C99H183N27O19/c1-59(2)54-78(123-91(136)73(40-20-29-49-104)117-87(132)69(36-16-25-45-100)114-82(127)63(9)110-86(131)68(109)58-67-34-14-13-15-35-67)95(140)111-65(11)84(129)116-71(38-18-27-47-102)89(134)119-76(43-23-32-52-107)94(139)126-81(57-62(7)8)98(143)121-72(39-19-28-48-103)90(135)120-75(42-22-31-51-106)93(138)124-79(55-60(3)4)96(141)112-64(10)83(128)115-70(37-17-26-46-101)88(133)118-74(41-21-30-50-105)92(137)125-80(56-61(5)6)97(142)113-66(12)85(130)122-77(99(144)145)44-24-33-53-108/h13-15,34-35,59-66,68-81H,16-33,36-58,100-109H2,1-12H3,(H,110,131)(H,111,140)(H,112,141)(H,113,142)(H,114,127)(H,115,128)(H,116,129)(H,117,132)(H,118,133)(H,119,134)(H,120,135)(H,121,143)(H,122,130)(H,123,136)(H,124,138)(H,125,137)(H,126,139)(H,144,145)/t63-,64-,65-,66-,68-,69-,70-,71-,72-,73-,74-,75-,76-,77-,78-,79-,80-,81-/m0/s1. The van der Waals surface area contributed by atoms with Crippen molar-refractivity contribution >= 4 is 106 Å². The molecule has 17 amide bonds. The van der Waals surface area contributed by atoms with Crippen molar-refractivity contribution in [2.45, 2.75) is 397 Å². The highest BCUT2D eigenvalue weighted by Gasteiger charge is 2.40. The van der Waals surface area contributed by atoms with Gasteiger partial charge in [-0.1, -0.05) is 85.7 Å². The number of rotatable bonds is 81. The highest BCUT2D eigenvalue weighted by atomic mass is 16.4. The second kappa shape index (κ2) is 75.9. The van der Waals surface area contributed by atoms with E-state index in [-0.39, 0.29) is 166 Å². The lowest BCUT2D eigenvalue weighted by Crippen LogP contribution is -2.61. The summed E-state index contributed by atoms with van der Waals surface area (Å²) in [6, 6.07) is -14.0. The van der Waals surface area contributed by atoms with Crippen LogP contribution in [0.4, 0.5) is 0 Å². The molecule has 1 aromatic carbocycles. The van der Waals surface area contributed by atoms with Crippen LogP contribution in [0.25, 0.3) is 0 Å². The van der Waals surface area contributed by atoms with Gasteiger partial charge >= 0.3 is 5.97 Å². The summed E-state index contributed by atoms with van der Waals surface area (Å²) in [5.74, 6) is -15.5. The van der Waals surface area contributed by atoms with Crippen LogP contribution in [-0.2, 0) is 92.7 Å². The third kappa shape index (κ3) is 56.1. The summed E-state index contributed by atoms with van der Waals surface area (Å²) in [6.45, 7) is 22.0. The van der Waals surface area contributed by atoms with Crippen molar-refractivity contribution in [2.75, 3.05) is 58.9 Å². The zero-order valence-electron chi connectivity index (χ0n) is 88.1. The summed E-state index contributed by atoms with van der Waals surface area (Å²) in [5.41, 5.74) is 59.7. The molecule has 18 atom stereocenters. The zero-order chi connectivity index (χ0) is 109. The quantitative estimate of drug-likeness (QED) is 0.0295. The number of hydrogen-bond donors (Lipinski definition) is 28. The average Bonchev–Trinajstić information content (AvgIpc) is 0.860. The highest BCUT2D eigenvalue weighted by molar-refractivity contribution is 6.01. The third-order valence-electron chi connectivity index (χ3n) is 24.2. The summed E-state index contributed by atoms with van der Waals surface area (Å²) in [5, 5.41) is 55.8. The van der Waals surface area contributed by atoms with Crippen molar-refractivity contribution in [1.29, 1.82) is 0 Å². The van der Waals surface area contributed by atoms with Gasteiger partial charge in [-0.3, -0.25) is 81.5 Å². The normalized spacial score (nSPS) is 15.1. The Morgan fingerprint density at radius 2 is 0.359 bits per heavy atom. The van der Waals surface area contributed by atoms with Gasteiger partial charge in [0.2, 0.25) is 100 Å². The molecule has 0 spiro atoms. The molecule has 0 fully saturated rings. The maximum Gasteiger partial charge on any atom is 0.326 e. The largest absolute Gasteiger partial charge is 0.480 e. The zero-order valence-corrected chi connectivity index (χ0v) is 88.1. The van der Waals surface area contributed by atoms with Crippen molar-refractivity contribution in [3.8, 4) is 0 Å². The highest BCUT2D eigenvalue weighted by Crippen LogP contribution is 2.19. The fourth-order valence-electron chi connectivity index (χ4n) is 15.8. The number of hydrogen-bond acceptors (Lipinski definition) is 28. The monoisotopic (exact) mass is 2050 g/mol. The molecule has 1 aromatic rings. The molecular formula is C99H183N27O19. The van der Waals surface area contributed by atoms with Crippen molar-refractivity contribution in [3.05, 3.63) is 35.9 Å². The Labute approximate surface area is 857 Å². The molecule has 828 valence electrons. The van der Waals surface area contributed by atoms with Gasteiger partial charge in [-0.15, -0.1) is 0 Å². The van der Waals surface area contributed by atoms with Crippen LogP contribution in [0.3, 0.4) is 0 Å². The molecule has 0 bridgehead atoms. The molecule has 145 heavy (non-hydrogen) atoms. The molecule has 46 heteroatoms.